The molecule has 20 heavy (non-hydrogen) atoms. The van der Waals surface area contributed by atoms with Crippen LogP contribution < -0.4 is 0 Å². The molecule has 0 unspecified atom stereocenters. The van der Waals surface area contributed by atoms with Crippen LogP contribution in [0.25, 0.3) is 0 Å². The highest BCUT2D eigenvalue weighted by molar-refractivity contribution is 5.66. The molecular weight excluding hydrogens is 264 g/mol. The number of rotatable bonds is 6. The van der Waals surface area contributed by atoms with Gasteiger partial charge in [0.05, 0.1) is 6.10 Å². The van der Waals surface area contributed by atoms with Crippen molar-refractivity contribution in [1.29, 1.82) is 0 Å². The average Bonchev–Trinajstić information content (AvgIpc) is 2.37. The maximum Gasteiger partial charge on any atom is 0.303 e. The highest BCUT2D eigenvalue weighted by atomic mass is 16.7. The third-order valence-corrected chi connectivity index (χ3v) is 2.83. The molecule has 114 valence electrons. The van der Waals surface area contributed by atoms with Crippen molar-refractivity contribution in [1.82, 2.24) is 0 Å². The Morgan fingerprint density at radius 3 is 2.50 bits per heavy atom. The molecular formula is C14H22O6. The number of hydrogen-bond acceptors (Lipinski definition) is 6. The molecule has 0 N–H and O–H groups in total. The second kappa shape index (κ2) is 8.01. The van der Waals surface area contributed by atoms with Gasteiger partial charge in [0.25, 0.3) is 0 Å². The molecule has 6 heteroatoms. The van der Waals surface area contributed by atoms with Gasteiger partial charge in [-0.05, 0) is 25.5 Å². The van der Waals surface area contributed by atoms with E-state index in [0.717, 1.165) is 6.42 Å². The molecule has 0 fully saturated rings. The zero-order valence-corrected chi connectivity index (χ0v) is 12.3. The van der Waals surface area contributed by atoms with Gasteiger partial charge < -0.3 is 18.9 Å². The molecule has 0 spiro atoms. The fraction of sp³-hybridized carbons (Fsp3) is 0.714. The molecule has 1 aliphatic rings. The van der Waals surface area contributed by atoms with Crippen LogP contribution in [0, 0.1) is 0 Å². The van der Waals surface area contributed by atoms with Gasteiger partial charge >= 0.3 is 11.9 Å². The van der Waals surface area contributed by atoms with E-state index >= 15 is 0 Å². The van der Waals surface area contributed by atoms with E-state index in [0.29, 0.717) is 0 Å². The fourth-order valence-electron chi connectivity index (χ4n) is 1.66. The van der Waals surface area contributed by atoms with E-state index in [1.807, 2.05) is 13.8 Å². The molecule has 0 bridgehead atoms. The van der Waals surface area contributed by atoms with E-state index in [2.05, 4.69) is 0 Å². The third kappa shape index (κ3) is 5.71. The molecule has 0 saturated carbocycles. The lowest BCUT2D eigenvalue weighted by atomic mass is 10.1. The van der Waals surface area contributed by atoms with Crippen LogP contribution in [-0.4, -0.2) is 43.1 Å². The summed E-state index contributed by atoms with van der Waals surface area (Å²) in [5, 5.41) is 0. The van der Waals surface area contributed by atoms with Crippen molar-refractivity contribution in [3.8, 4) is 0 Å². The summed E-state index contributed by atoms with van der Waals surface area (Å²) in [4.78, 5) is 21.9. The van der Waals surface area contributed by atoms with Crippen LogP contribution in [0.4, 0.5) is 0 Å². The first-order valence-electron chi connectivity index (χ1n) is 6.72. The van der Waals surface area contributed by atoms with Crippen molar-refractivity contribution in [2.75, 3.05) is 6.61 Å². The molecule has 0 aliphatic carbocycles. The lowest BCUT2D eigenvalue weighted by Crippen LogP contribution is -2.42. The normalized spacial score (nSPS) is 26.9. The first kappa shape index (κ1) is 16.7. The third-order valence-electron chi connectivity index (χ3n) is 2.83. The van der Waals surface area contributed by atoms with E-state index in [-0.39, 0.29) is 12.7 Å². The van der Waals surface area contributed by atoms with Gasteiger partial charge in [0.1, 0.15) is 18.8 Å². The van der Waals surface area contributed by atoms with Gasteiger partial charge in [-0.1, -0.05) is 6.92 Å². The Bertz CT molecular complexity index is 365. The van der Waals surface area contributed by atoms with Crippen LogP contribution in [0.2, 0.25) is 0 Å². The first-order chi connectivity index (χ1) is 9.42. The SMILES string of the molecule is CC[C@H](C)O[C@@H]1C=C[C@H](OC(C)=O)[C@@H](COC(C)=O)O1. The summed E-state index contributed by atoms with van der Waals surface area (Å²) < 4.78 is 21.3. The number of carbonyl (C=O) groups is 2. The summed E-state index contributed by atoms with van der Waals surface area (Å²) in [6, 6.07) is 0. The lowest BCUT2D eigenvalue weighted by molar-refractivity contribution is -0.207. The van der Waals surface area contributed by atoms with Crippen LogP contribution in [0.1, 0.15) is 34.1 Å². The molecule has 0 aromatic carbocycles. The maximum absolute atomic E-state index is 11.1. The van der Waals surface area contributed by atoms with E-state index in [9.17, 15) is 9.59 Å². The van der Waals surface area contributed by atoms with E-state index in [1.54, 1.807) is 12.2 Å². The predicted octanol–water partition coefficient (Wildman–Crippen LogP) is 1.58. The standard InChI is InChI=1S/C14H22O6/c1-5-9(2)18-14-7-6-12(19-11(4)16)13(20-14)8-17-10(3)15/h6-7,9,12-14H,5,8H2,1-4H3/t9-,12-,13+,14-/m0/s1. The summed E-state index contributed by atoms with van der Waals surface area (Å²) >= 11 is 0. The lowest BCUT2D eigenvalue weighted by Gasteiger charge is -2.32. The van der Waals surface area contributed by atoms with Gasteiger partial charge in [0.15, 0.2) is 6.29 Å². The maximum atomic E-state index is 11.1. The molecule has 0 saturated heterocycles. The molecule has 0 radical (unpaired) electrons. The van der Waals surface area contributed by atoms with Crippen molar-refractivity contribution in [2.24, 2.45) is 0 Å². The van der Waals surface area contributed by atoms with Crippen molar-refractivity contribution in [3.63, 3.8) is 0 Å². The quantitative estimate of drug-likeness (QED) is 0.545. The van der Waals surface area contributed by atoms with Crippen LogP contribution in [-0.2, 0) is 28.5 Å². The molecule has 1 aliphatic heterocycles. The molecule has 6 nitrogen and oxygen atoms in total. The van der Waals surface area contributed by atoms with Crippen LogP contribution >= 0.6 is 0 Å². The highest BCUT2D eigenvalue weighted by Crippen LogP contribution is 2.19. The zero-order chi connectivity index (χ0) is 15.1. The van der Waals surface area contributed by atoms with Crippen LogP contribution in [0.15, 0.2) is 12.2 Å². The summed E-state index contributed by atoms with van der Waals surface area (Å²) in [5.41, 5.74) is 0. The molecule has 0 aromatic rings. The van der Waals surface area contributed by atoms with Gasteiger partial charge in [0, 0.05) is 13.8 Å². The average molecular weight is 286 g/mol. The van der Waals surface area contributed by atoms with Gasteiger partial charge in [-0.15, -0.1) is 0 Å². The second-order valence-electron chi connectivity index (χ2n) is 4.66. The second-order valence-corrected chi connectivity index (χ2v) is 4.66. The van der Waals surface area contributed by atoms with Crippen molar-refractivity contribution >= 4 is 11.9 Å². The smallest absolute Gasteiger partial charge is 0.303 e. The number of carbonyl (C=O) groups excluding carboxylic acids is 2. The Morgan fingerprint density at radius 2 is 1.95 bits per heavy atom. The highest BCUT2D eigenvalue weighted by Gasteiger charge is 2.31. The van der Waals surface area contributed by atoms with E-state index in [4.69, 9.17) is 18.9 Å². The largest absolute Gasteiger partial charge is 0.463 e. The molecule has 4 atom stereocenters. The summed E-state index contributed by atoms with van der Waals surface area (Å²) in [6.07, 6.45) is 2.62. The molecule has 1 rings (SSSR count). The van der Waals surface area contributed by atoms with Crippen molar-refractivity contribution in [3.05, 3.63) is 12.2 Å². The van der Waals surface area contributed by atoms with Gasteiger partial charge in [-0.25, -0.2) is 0 Å². The minimum atomic E-state index is -0.580. The summed E-state index contributed by atoms with van der Waals surface area (Å²) in [6.45, 7) is 6.59. The summed E-state index contributed by atoms with van der Waals surface area (Å²) in [7, 11) is 0. The van der Waals surface area contributed by atoms with Crippen LogP contribution in [0.5, 0.6) is 0 Å². The Hall–Kier alpha value is -1.40. The number of ether oxygens (including phenoxy) is 4. The monoisotopic (exact) mass is 286 g/mol. The van der Waals surface area contributed by atoms with Gasteiger partial charge in [-0.3, -0.25) is 9.59 Å². The fourth-order valence-corrected chi connectivity index (χ4v) is 1.66. The predicted molar refractivity (Wildman–Crippen MR) is 70.8 cm³/mol. The Kier molecular flexibility index (Phi) is 6.67. The minimum absolute atomic E-state index is 0.0119. The first-order valence-corrected chi connectivity index (χ1v) is 6.72. The van der Waals surface area contributed by atoms with Gasteiger partial charge in [0.2, 0.25) is 0 Å². The van der Waals surface area contributed by atoms with Crippen molar-refractivity contribution < 1.29 is 28.5 Å². The molecule has 0 amide bonds. The zero-order valence-electron chi connectivity index (χ0n) is 12.3. The Balaban J connectivity index is 2.65. The van der Waals surface area contributed by atoms with Crippen LogP contribution in [0.3, 0.4) is 0 Å². The van der Waals surface area contributed by atoms with Crippen molar-refractivity contribution in [2.45, 2.75) is 58.7 Å². The summed E-state index contributed by atoms with van der Waals surface area (Å²) in [5.74, 6) is -0.832. The van der Waals surface area contributed by atoms with E-state index in [1.165, 1.54) is 13.8 Å². The topological polar surface area (TPSA) is 71.1 Å². The Morgan fingerprint density at radius 1 is 1.25 bits per heavy atom. The minimum Gasteiger partial charge on any atom is -0.463 e. The van der Waals surface area contributed by atoms with E-state index < -0.39 is 30.4 Å². The number of esters is 2. The molecule has 0 aromatic heterocycles. The van der Waals surface area contributed by atoms with Gasteiger partial charge in [-0.2, -0.15) is 0 Å². The molecule has 1 heterocycles. The number of hydrogen-bond donors (Lipinski definition) is 0. The Labute approximate surface area is 119 Å².